The van der Waals surface area contributed by atoms with Crippen LogP contribution in [0.3, 0.4) is 0 Å². The molecule has 1 amide bonds. The Morgan fingerprint density at radius 2 is 2.00 bits per heavy atom. The highest BCUT2D eigenvalue weighted by molar-refractivity contribution is 5.76. The van der Waals surface area contributed by atoms with Gasteiger partial charge in [0.25, 0.3) is 0 Å². The fourth-order valence-electron chi connectivity index (χ4n) is 3.61. The van der Waals surface area contributed by atoms with Gasteiger partial charge in [-0.15, -0.1) is 0 Å². The molecule has 1 aromatic rings. The van der Waals surface area contributed by atoms with Crippen molar-refractivity contribution >= 4 is 11.7 Å². The first-order chi connectivity index (χ1) is 11.2. The molecule has 0 radical (unpaired) electrons. The van der Waals surface area contributed by atoms with Gasteiger partial charge in [-0.2, -0.15) is 0 Å². The SMILES string of the molecule is CN1CCN(c2ncccc2CNC(=O)CC2CCCC2)CC1. The zero-order chi connectivity index (χ0) is 16.1. The Labute approximate surface area is 139 Å². The van der Waals surface area contributed by atoms with E-state index in [-0.39, 0.29) is 5.91 Å². The van der Waals surface area contributed by atoms with Gasteiger partial charge in [-0.05, 0) is 31.9 Å². The molecule has 23 heavy (non-hydrogen) atoms. The van der Waals surface area contributed by atoms with Gasteiger partial charge in [-0.3, -0.25) is 4.79 Å². The average molecular weight is 316 g/mol. The summed E-state index contributed by atoms with van der Waals surface area (Å²) in [5.41, 5.74) is 1.12. The summed E-state index contributed by atoms with van der Waals surface area (Å²) in [4.78, 5) is 21.4. The zero-order valence-corrected chi connectivity index (χ0v) is 14.1. The lowest BCUT2D eigenvalue weighted by Crippen LogP contribution is -2.45. The number of carbonyl (C=O) groups is 1. The molecule has 1 N–H and O–H groups in total. The molecule has 126 valence electrons. The second-order valence-corrected chi connectivity index (χ2v) is 6.91. The van der Waals surface area contributed by atoms with E-state index in [0.717, 1.165) is 37.6 Å². The molecule has 0 atom stereocenters. The van der Waals surface area contributed by atoms with E-state index < -0.39 is 0 Å². The number of amides is 1. The van der Waals surface area contributed by atoms with Crippen LogP contribution in [0.4, 0.5) is 5.82 Å². The molecule has 0 aromatic carbocycles. The average Bonchev–Trinajstić information content (AvgIpc) is 3.07. The van der Waals surface area contributed by atoms with Crippen LogP contribution in [0.15, 0.2) is 18.3 Å². The molecular weight excluding hydrogens is 288 g/mol. The van der Waals surface area contributed by atoms with Crippen molar-refractivity contribution in [3.8, 4) is 0 Å². The maximum atomic E-state index is 12.2. The smallest absolute Gasteiger partial charge is 0.220 e. The molecule has 2 aliphatic rings. The van der Waals surface area contributed by atoms with Crippen LogP contribution >= 0.6 is 0 Å². The van der Waals surface area contributed by atoms with Crippen LogP contribution in [0.2, 0.25) is 0 Å². The topological polar surface area (TPSA) is 48.5 Å². The molecule has 0 unspecified atom stereocenters. The summed E-state index contributed by atoms with van der Waals surface area (Å²) in [5, 5.41) is 3.10. The number of hydrogen-bond donors (Lipinski definition) is 1. The van der Waals surface area contributed by atoms with Gasteiger partial charge >= 0.3 is 0 Å². The third-order valence-corrected chi connectivity index (χ3v) is 5.10. The number of nitrogens with one attached hydrogen (secondary N) is 1. The van der Waals surface area contributed by atoms with Crippen LogP contribution in [-0.4, -0.2) is 49.0 Å². The minimum Gasteiger partial charge on any atom is -0.354 e. The standard InChI is InChI=1S/C18H28N4O/c1-21-9-11-22(12-10-21)18-16(7-4-8-19-18)14-20-17(23)13-15-5-2-3-6-15/h4,7-8,15H,2-3,5-6,9-14H2,1H3,(H,20,23). The molecule has 1 aliphatic carbocycles. The lowest BCUT2D eigenvalue weighted by atomic mass is 10.0. The van der Waals surface area contributed by atoms with Crippen molar-refractivity contribution < 1.29 is 4.79 Å². The minimum absolute atomic E-state index is 0.185. The zero-order valence-electron chi connectivity index (χ0n) is 14.1. The largest absolute Gasteiger partial charge is 0.354 e. The fraction of sp³-hybridized carbons (Fsp3) is 0.667. The summed E-state index contributed by atoms with van der Waals surface area (Å²) in [6, 6.07) is 4.04. The van der Waals surface area contributed by atoms with E-state index >= 15 is 0 Å². The number of hydrogen-bond acceptors (Lipinski definition) is 4. The molecule has 5 nitrogen and oxygen atoms in total. The number of carbonyl (C=O) groups excluding carboxylic acids is 1. The van der Waals surface area contributed by atoms with Gasteiger partial charge in [0.15, 0.2) is 0 Å². The first-order valence-electron chi connectivity index (χ1n) is 8.86. The van der Waals surface area contributed by atoms with Crippen LogP contribution in [0.5, 0.6) is 0 Å². The van der Waals surface area contributed by atoms with E-state index in [1.807, 2.05) is 12.3 Å². The minimum atomic E-state index is 0.185. The fourth-order valence-corrected chi connectivity index (χ4v) is 3.61. The number of anilines is 1. The Morgan fingerprint density at radius 3 is 2.74 bits per heavy atom. The summed E-state index contributed by atoms with van der Waals surface area (Å²) in [5.74, 6) is 1.81. The number of pyridine rings is 1. The molecule has 3 rings (SSSR count). The van der Waals surface area contributed by atoms with Crippen molar-refractivity contribution in [2.24, 2.45) is 5.92 Å². The van der Waals surface area contributed by atoms with E-state index in [0.29, 0.717) is 18.9 Å². The Kier molecular flexibility index (Phi) is 5.49. The number of aromatic nitrogens is 1. The molecule has 1 saturated carbocycles. The van der Waals surface area contributed by atoms with E-state index in [1.54, 1.807) is 0 Å². The summed E-state index contributed by atoms with van der Waals surface area (Å²) in [7, 11) is 2.15. The van der Waals surface area contributed by atoms with Crippen molar-refractivity contribution in [1.82, 2.24) is 15.2 Å². The highest BCUT2D eigenvalue weighted by Crippen LogP contribution is 2.27. The molecule has 0 spiro atoms. The van der Waals surface area contributed by atoms with Crippen LogP contribution in [0.1, 0.15) is 37.7 Å². The first kappa shape index (κ1) is 16.2. The maximum absolute atomic E-state index is 12.2. The number of piperazine rings is 1. The third-order valence-electron chi connectivity index (χ3n) is 5.10. The highest BCUT2D eigenvalue weighted by Gasteiger charge is 2.20. The van der Waals surface area contributed by atoms with Gasteiger partial charge in [0.05, 0.1) is 0 Å². The van der Waals surface area contributed by atoms with Crippen molar-refractivity contribution in [2.45, 2.75) is 38.6 Å². The Bertz CT molecular complexity index is 520. The molecular formula is C18H28N4O. The lowest BCUT2D eigenvalue weighted by Gasteiger charge is -2.34. The normalized spacial score (nSPS) is 20.0. The predicted octanol–water partition coefficient (Wildman–Crippen LogP) is 2.03. The van der Waals surface area contributed by atoms with Gasteiger partial charge in [-0.25, -0.2) is 4.98 Å². The van der Waals surface area contributed by atoms with E-state index in [2.05, 4.69) is 33.2 Å². The summed E-state index contributed by atoms with van der Waals surface area (Å²) >= 11 is 0. The number of nitrogens with zero attached hydrogens (tertiary/aromatic N) is 3. The first-order valence-corrected chi connectivity index (χ1v) is 8.86. The van der Waals surface area contributed by atoms with Gasteiger partial charge in [0, 0.05) is 50.9 Å². The van der Waals surface area contributed by atoms with Crippen LogP contribution in [0.25, 0.3) is 0 Å². The summed E-state index contributed by atoms with van der Waals surface area (Å²) in [6.07, 6.45) is 7.53. The summed E-state index contributed by atoms with van der Waals surface area (Å²) < 4.78 is 0. The number of likely N-dealkylation sites (N-methyl/N-ethyl adjacent to an activating group) is 1. The second-order valence-electron chi connectivity index (χ2n) is 6.91. The van der Waals surface area contributed by atoms with E-state index in [1.165, 1.54) is 25.7 Å². The third kappa shape index (κ3) is 4.44. The summed E-state index contributed by atoms with van der Waals surface area (Å²) in [6.45, 7) is 4.70. The molecule has 1 aliphatic heterocycles. The van der Waals surface area contributed by atoms with E-state index in [9.17, 15) is 4.79 Å². The molecule has 1 saturated heterocycles. The Morgan fingerprint density at radius 1 is 1.26 bits per heavy atom. The Balaban J connectivity index is 1.56. The molecule has 1 aromatic heterocycles. The van der Waals surface area contributed by atoms with E-state index in [4.69, 9.17) is 0 Å². The Hall–Kier alpha value is -1.62. The van der Waals surface area contributed by atoms with Crippen molar-refractivity contribution in [3.05, 3.63) is 23.9 Å². The quantitative estimate of drug-likeness (QED) is 0.903. The molecule has 2 fully saturated rings. The van der Waals surface area contributed by atoms with Gasteiger partial charge in [-0.1, -0.05) is 18.9 Å². The molecule has 5 heteroatoms. The highest BCUT2D eigenvalue weighted by atomic mass is 16.1. The van der Waals surface area contributed by atoms with Crippen molar-refractivity contribution in [1.29, 1.82) is 0 Å². The number of rotatable bonds is 5. The van der Waals surface area contributed by atoms with Gasteiger partial charge in [0.1, 0.15) is 5.82 Å². The monoisotopic (exact) mass is 316 g/mol. The van der Waals surface area contributed by atoms with Crippen LogP contribution in [-0.2, 0) is 11.3 Å². The molecule has 0 bridgehead atoms. The lowest BCUT2D eigenvalue weighted by molar-refractivity contribution is -0.122. The van der Waals surface area contributed by atoms with Gasteiger partial charge < -0.3 is 15.1 Å². The second kappa shape index (κ2) is 7.77. The van der Waals surface area contributed by atoms with Gasteiger partial charge in [0.2, 0.25) is 5.91 Å². The predicted molar refractivity (Wildman–Crippen MR) is 92.4 cm³/mol. The maximum Gasteiger partial charge on any atom is 0.220 e. The van der Waals surface area contributed by atoms with Crippen molar-refractivity contribution in [3.63, 3.8) is 0 Å². The van der Waals surface area contributed by atoms with Crippen LogP contribution in [0, 0.1) is 5.92 Å². The van der Waals surface area contributed by atoms with Crippen molar-refractivity contribution in [2.75, 3.05) is 38.1 Å². The van der Waals surface area contributed by atoms with Crippen LogP contribution < -0.4 is 10.2 Å². The molecule has 2 heterocycles.